The molecule has 2 aromatic carbocycles. The normalized spacial score (nSPS) is 11.1. The van der Waals surface area contributed by atoms with Gasteiger partial charge in [-0.3, -0.25) is 4.79 Å². The molecule has 0 radical (unpaired) electrons. The lowest BCUT2D eigenvalue weighted by Crippen LogP contribution is -2.30. The summed E-state index contributed by atoms with van der Waals surface area (Å²) in [5.74, 6) is -0.0502. The SMILES string of the molecule is CCOc1ccc(S(=O)(=O)N(CC)CC)cc1NC(=O)c1ccc(C#N)cc1. The number of nitriles is 1. The van der Waals surface area contributed by atoms with Gasteiger partial charge in [0.15, 0.2) is 0 Å². The van der Waals surface area contributed by atoms with Gasteiger partial charge in [0.25, 0.3) is 5.91 Å². The standard InChI is InChI=1S/C20H23N3O4S/c1-4-23(5-2)28(25,26)17-11-12-19(27-6-3)18(13-17)22-20(24)16-9-7-15(14-21)8-10-16/h7-13H,4-6H2,1-3H3,(H,22,24). The summed E-state index contributed by atoms with van der Waals surface area (Å²) in [5, 5.41) is 11.6. The van der Waals surface area contributed by atoms with Gasteiger partial charge in [-0.2, -0.15) is 9.57 Å². The second kappa shape index (κ2) is 9.35. The maximum atomic E-state index is 12.8. The fourth-order valence-electron chi connectivity index (χ4n) is 2.65. The smallest absolute Gasteiger partial charge is 0.255 e. The Balaban J connectivity index is 2.40. The number of amides is 1. The molecular formula is C20H23N3O4S. The van der Waals surface area contributed by atoms with Crippen LogP contribution in [0.3, 0.4) is 0 Å². The highest BCUT2D eigenvalue weighted by molar-refractivity contribution is 7.89. The number of carbonyl (C=O) groups is 1. The highest BCUT2D eigenvalue weighted by Gasteiger charge is 2.23. The van der Waals surface area contributed by atoms with Crippen LogP contribution in [0.15, 0.2) is 47.4 Å². The number of anilines is 1. The van der Waals surface area contributed by atoms with Crippen molar-refractivity contribution in [3.63, 3.8) is 0 Å². The van der Waals surface area contributed by atoms with Crippen molar-refractivity contribution in [1.29, 1.82) is 5.26 Å². The first-order valence-electron chi connectivity index (χ1n) is 8.95. The van der Waals surface area contributed by atoms with Gasteiger partial charge in [0, 0.05) is 18.7 Å². The third kappa shape index (κ3) is 4.68. The molecule has 8 heteroatoms. The Morgan fingerprint density at radius 3 is 2.29 bits per heavy atom. The molecule has 0 bridgehead atoms. The monoisotopic (exact) mass is 401 g/mol. The van der Waals surface area contributed by atoms with E-state index in [9.17, 15) is 13.2 Å². The highest BCUT2D eigenvalue weighted by Crippen LogP contribution is 2.29. The molecule has 0 saturated heterocycles. The summed E-state index contributed by atoms with van der Waals surface area (Å²) in [6.45, 7) is 6.39. The Bertz CT molecular complexity index is 976. The van der Waals surface area contributed by atoms with Gasteiger partial charge in [0.1, 0.15) is 5.75 Å². The number of nitrogens with one attached hydrogen (secondary N) is 1. The number of hydrogen-bond donors (Lipinski definition) is 1. The summed E-state index contributed by atoms with van der Waals surface area (Å²) in [6, 6.07) is 12.5. The van der Waals surface area contributed by atoms with Gasteiger partial charge >= 0.3 is 0 Å². The lowest BCUT2D eigenvalue weighted by atomic mass is 10.1. The van der Waals surface area contributed by atoms with Crippen molar-refractivity contribution in [2.75, 3.05) is 25.0 Å². The van der Waals surface area contributed by atoms with Crippen LogP contribution in [-0.4, -0.2) is 38.3 Å². The molecule has 0 fully saturated rings. The Hall–Kier alpha value is -2.89. The molecule has 0 unspecified atom stereocenters. The third-order valence-corrected chi connectivity index (χ3v) is 6.16. The number of sulfonamides is 1. The predicted octanol–water partition coefficient (Wildman–Crippen LogP) is 3.24. The molecular weight excluding hydrogens is 378 g/mol. The van der Waals surface area contributed by atoms with E-state index in [1.54, 1.807) is 32.9 Å². The van der Waals surface area contributed by atoms with Crippen molar-refractivity contribution in [3.8, 4) is 11.8 Å². The van der Waals surface area contributed by atoms with Crippen LogP contribution in [-0.2, 0) is 10.0 Å². The molecule has 0 aliphatic carbocycles. The summed E-state index contributed by atoms with van der Waals surface area (Å²) in [4.78, 5) is 12.6. The minimum atomic E-state index is -3.67. The average molecular weight is 401 g/mol. The fourth-order valence-corrected chi connectivity index (χ4v) is 4.14. The topological polar surface area (TPSA) is 99.5 Å². The number of benzene rings is 2. The predicted molar refractivity (Wildman–Crippen MR) is 107 cm³/mol. The lowest BCUT2D eigenvalue weighted by Gasteiger charge is -2.20. The molecule has 28 heavy (non-hydrogen) atoms. The largest absolute Gasteiger partial charge is 0.492 e. The van der Waals surface area contributed by atoms with Gasteiger partial charge in [-0.1, -0.05) is 13.8 Å². The van der Waals surface area contributed by atoms with Crippen LogP contribution >= 0.6 is 0 Å². The molecule has 1 amide bonds. The highest BCUT2D eigenvalue weighted by atomic mass is 32.2. The Morgan fingerprint density at radius 1 is 1.11 bits per heavy atom. The maximum absolute atomic E-state index is 12.8. The Morgan fingerprint density at radius 2 is 1.75 bits per heavy atom. The molecule has 0 heterocycles. The molecule has 0 aliphatic rings. The number of rotatable bonds is 8. The molecule has 0 spiro atoms. The lowest BCUT2D eigenvalue weighted by molar-refractivity contribution is 0.102. The van der Waals surface area contributed by atoms with Crippen LogP contribution in [0, 0.1) is 11.3 Å². The maximum Gasteiger partial charge on any atom is 0.255 e. The summed E-state index contributed by atoms with van der Waals surface area (Å²) in [5.41, 5.74) is 1.06. The zero-order valence-electron chi connectivity index (χ0n) is 16.1. The van der Waals surface area contributed by atoms with E-state index < -0.39 is 15.9 Å². The third-order valence-electron chi connectivity index (χ3n) is 4.12. The van der Waals surface area contributed by atoms with E-state index in [1.165, 1.54) is 34.6 Å². The van der Waals surface area contributed by atoms with Gasteiger partial charge in [-0.05, 0) is 49.4 Å². The fraction of sp³-hybridized carbons (Fsp3) is 0.300. The van der Waals surface area contributed by atoms with Crippen molar-refractivity contribution in [2.24, 2.45) is 0 Å². The van der Waals surface area contributed by atoms with Crippen molar-refractivity contribution in [2.45, 2.75) is 25.7 Å². The van der Waals surface area contributed by atoms with Gasteiger partial charge in [-0.25, -0.2) is 8.42 Å². The van der Waals surface area contributed by atoms with E-state index in [1.807, 2.05) is 6.07 Å². The first kappa shape index (κ1) is 21.4. The minimum absolute atomic E-state index is 0.0785. The summed E-state index contributed by atoms with van der Waals surface area (Å²) in [7, 11) is -3.67. The minimum Gasteiger partial charge on any atom is -0.492 e. The summed E-state index contributed by atoms with van der Waals surface area (Å²) in [6.07, 6.45) is 0. The molecule has 0 aliphatic heterocycles. The quantitative estimate of drug-likeness (QED) is 0.732. The van der Waals surface area contributed by atoms with Gasteiger partial charge in [0.2, 0.25) is 10.0 Å². The molecule has 2 rings (SSSR count). The molecule has 0 atom stereocenters. The number of ether oxygens (including phenoxy) is 1. The van der Waals surface area contributed by atoms with Crippen molar-refractivity contribution < 1.29 is 17.9 Å². The summed E-state index contributed by atoms with van der Waals surface area (Å²) >= 11 is 0. The number of carbonyl (C=O) groups excluding carboxylic acids is 1. The van der Waals surface area contributed by atoms with Gasteiger partial charge < -0.3 is 10.1 Å². The first-order chi connectivity index (χ1) is 13.4. The van der Waals surface area contributed by atoms with E-state index in [-0.39, 0.29) is 10.6 Å². The van der Waals surface area contributed by atoms with Crippen molar-refractivity contribution in [1.82, 2.24) is 4.31 Å². The first-order valence-corrected chi connectivity index (χ1v) is 10.4. The molecule has 2 aromatic rings. The van der Waals surface area contributed by atoms with Crippen LogP contribution in [0.5, 0.6) is 5.75 Å². The number of hydrogen-bond acceptors (Lipinski definition) is 5. The van der Waals surface area contributed by atoms with E-state index in [0.29, 0.717) is 36.6 Å². The Kier molecular flexibility index (Phi) is 7.15. The number of nitrogens with zero attached hydrogens (tertiary/aromatic N) is 2. The zero-order valence-corrected chi connectivity index (χ0v) is 16.9. The van der Waals surface area contributed by atoms with E-state index in [2.05, 4.69) is 5.32 Å². The second-order valence-electron chi connectivity index (χ2n) is 5.82. The molecule has 7 nitrogen and oxygen atoms in total. The van der Waals surface area contributed by atoms with Gasteiger partial charge in [-0.15, -0.1) is 0 Å². The van der Waals surface area contributed by atoms with Crippen LogP contribution in [0.2, 0.25) is 0 Å². The molecule has 148 valence electrons. The van der Waals surface area contributed by atoms with E-state index >= 15 is 0 Å². The molecule has 0 aromatic heterocycles. The van der Waals surface area contributed by atoms with Gasteiger partial charge in [0.05, 0.1) is 28.8 Å². The van der Waals surface area contributed by atoms with Crippen LogP contribution in [0.25, 0.3) is 0 Å². The van der Waals surface area contributed by atoms with Crippen molar-refractivity contribution in [3.05, 3.63) is 53.6 Å². The summed E-state index contributed by atoms with van der Waals surface area (Å²) < 4.78 is 32.4. The average Bonchev–Trinajstić information content (AvgIpc) is 2.70. The van der Waals surface area contributed by atoms with E-state index in [4.69, 9.17) is 10.00 Å². The van der Waals surface area contributed by atoms with Crippen LogP contribution < -0.4 is 10.1 Å². The van der Waals surface area contributed by atoms with Crippen molar-refractivity contribution >= 4 is 21.6 Å². The van der Waals surface area contributed by atoms with Crippen LogP contribution in [0.4, 0.5) is 5.69 Å². The second-order valence-corrected chi connectivity index (χ2v) is 7.76. The molecule has 0 saturated carbocycles. The zero-order chi connectivity index (χ0) is 20.7. The van der Waals surface area contributed by atoms with Crippen LogP contribution in [0.1, 0.15) is 36.7 Å². The Labute approximate surface area is 165 Å². The molecule has 1 N–H and O–H groups in total. The van der Waals surface area contributed by atoms with E-state index in [0.717, 1.165) is 0 Å².